The van der Waals surface area contributed by atoms with E-state index in [2.05, 4.69) is 10.2 Å². The van der Waals surface area contributed by atoms with Gasteiger partial charge in [-0.1, -0.05) is 6.07 Å². The average molecular weight is 273 g/mol. The minimum absolute atomic E-state index is 0.0869. The number of nitro groups is 1. The van der Waals surface area contributed by atoms with Crippen LogP contribution in [0.2, 0.25) is 0 Å². The summed E-state index contributed by atoms with van der Waals surface area (Å²) in [4.78, 5) is 9.92. The predicted octanol–water partition coefficient (Wildman–Crippen LogP) is 2.57. The zero-order valence-corrected chi connectivity index (χ0v) is 10.2. The zero-order chi connectivity index (χ0) is 14.5. The molecule has 0 aliphatic rings. The van der Waals surface area contributed by atoms with Gasteiger partial charge in [-0.25, -0.2) is 0 Å². The SMILES string of the molecule is O=[N+]([O-])c1ccc2[nH]ncc2c1.Oc1cccc(O)c1. The van der Waals surface area contributed by atoms with Gasteiger partial charge >= 0.3 is 0 Å². The Morgan fingerprint density at radius 3 is 2.35 bits per heavy atom. The molecule has 7 heteroatoms. The van der Waals surface area contributed by atoms with Crippen LogP contribution in [0.1, 0.15) is 0 Å². The molecule has 0 saturated carbocycles. The Morgan fingerprint density at radius 2 is 1.80 bits per heavy atom. The van der Waals surface area contributed by atoms with Crippen molar-refractivity contribution in [3.8, 4) is 11.5 Å². The molecular weight excluding hydrogens is 262 g/mol. The van der Waals surface area contributed by atoms with Gasteiger partial charge in [0, 0.05) is 23.6 Å². The summed E-state index contributed by atoms with van der Waals surface area (Å²) in [5.74, 6) is 0.176. The number of aromatic nitrogens is 2. The molecule has 0 radical (unpaired) electrons. The van der Waals surface area contributed by atoms with Crippen LogP contribution in [0.4, 0.5) is 5.69 Å². The highest BCUT2D eigenvalue weighted by atomic mass is 16.6. The van der Waals surface area contributed by atoms with Crippen molar-refractivity contribution in [1.82, 2.24) is 10.2 Å². The molecule has 1 heterocycles. The highest BCUT2D eigenvalue weighted by Crippen LogP contribution is 2.18. The van der Waals surface area contributed by atoms with E-state index in [9.17, 15) is 10.1 Å². The fourth-order valence-corrected chi connectivity index (χ4v) is 1.54. The van der Waals surface area contributed by atoms with Crippen molar-refractivity contribution in [2.75, 3.05) is 0 Å². The van der Waals surface area contributed by atoms with Gasteiger partial charge in [-0.3, -0.25) is 15.2 Å². The average Bonchev–Trinajstić information content (AvgIpc) is 2.86. The quantitative estimate of drug-likeness (QED) is 0.466. The number of nitrogens with one attached hydrogen (secondary N) is 1. The smallest absolute Gasteiger partial charge is 0.270 e. The Labute approximate surface area is 113 Å². The van der Waals surface area contributed by atoms with Gasteiger partial charge in [-0.15, -0.1) is 0 Å². The first-order valence-corrected chi connectivity index (χ1v) is 5.62. The lowest BCUT2D eigenvalue weighted by molar-refractivity contribution is -0.384. The molecule has 102 valence electrons. The fourth-order valence-electron chi connectivity index (χ4n) is 1.54. The molecule has 0 bridgehead atoms. The van der Waals surface area contributed by atoms with Crippen molar-refractivity contribution in [1.29, 1.82) is 0 Å². The van der Waals surface area contributed by atoms with Crippen LogP contribution in [-0.4, -0.2) is 25.3 Å². The van der Waals surface area contributed by atoms with Gasteiger partial charge in [0.15, 0.2) is 0 Å². The molecular formula is C13H11N3O4. The van der Waals surface area contributed by atoms with Crippen LogP contribution < -0.4 is 0 Å². The summed E-state index contributed by atoms with van der Waals surface area (Å²) >= 11 is 0. The Kier molecular flexibility index (Phi) is 3.80. The van der Waals surface area contributed by atoms with Crippen LogP contribution in [0.5, 0.6) is 11.5 Å². The number of non-ortho nitro benzene ring substituents is 1. The minimum atomic E-state index is -0.424. The first kappa shape index (κ1) is 13.3. The molecule has 0 unspecified atom stereocenters. The lowest BCUT2D eigenvalue weighted by atomic mass is 10.2. The van der Waals surface area contributed by atoms with Crippen molar-refractivity contribution in [2.45, 2.75) is 0 Å². The maximum atomic E-state index is 10.3. The molecule has 7 nitrogen and oxygen atoms in total. The summed E-state index contributed by atoms with van der Waals surface area (Å²) in [6.07, 6.45) is 1.56. The Hall–Kier alpha value is -3.09. The maximum Gasteiger partial charge on any atom is 0.270 e. The second-order valence-electron chi connectivity index (χ2n) is 3.92. The van der Waals surface area contributed by atoms with Crippen molar-refractivity contribution < 1.29 is 15.1 Å². The standard InChI is InChI=1S/C7H5N3O2.C6H6O2/c11-10(12)6-1-2-7-5(3-6)4-8-9-7;7-5-2-1-3-6(8)4-5/h1-4H,(H,8,9);1-4,7-8H. The second kappa shape index (κ2) is 5.70. The molecule has 3 N–H and O–H groups in total. The zero-order valence-electron chi connectivity index (χ0n) is 10.2. The van der Waals surface area contributed by atoms with Crippen LogP contribution in [0, 0.1) is 10.1 Å². The van der Waals surface area contributed by atoms with E-state index in [0.717, 1.165) is 10.9 Å². The van der Waals surface area contributed by atoms with E-state index in [1.165, 1.54) is 30.3 Å². The van der Waals surface area contributed by atoms with Crippen molar-refractivity contribution in [3.05, 3.63) is 58.8 Å². The number of aromatic amines is 1. The highest BCUT2D eigenvalue weighted by Gasteiger charge is 2.05. The molecule has 0 saturated heterocycles. The van der Waals surface area contributed by atoms with Gasteiger partial charge in [0.05, 0.1) is 16.6 Å². The largest absolute Gasteiger partial charge is 0.508 e. The molecule has 3 rings (SSSR count). The molecule has 20 heavy (non-hydrogen) atoms. The summed E-state index contributed by atoms with van der Waals surface area (Å²) in [5, 5.41) is 34.9. The fraction of sp³-hybridized carbons (Fsp3) is 0. The summed E-state index contributed by atoms with van der Waals surface area (Å²) in [7, 11) is 0. The third-order valence-electron chi connectivity index (χ3n) is 2.46. The van der Waals surface area contributed by atoms with E-state index < -0.39 is 4.92 Å². The Bertz CT molecular complexity index is 722. The molecule has 0 spiro atoms. The normalized spacial score (nSPS) is 9.80. The molecule has 1 aromatic heterocycles. The molecule has 0 fully saturated rings. The number of benzene rings is 2. The first-order valence-electron chi connectivity index (χ1n) is 5.62. The molecule has 0 aliphatic heterocycles. The molecule has 2 aromatic carbocycles. The van der Waals surface area contributed by atoms with E-state index in [0.29, 0.717) is 0 Å². The minimum Gasteiger partial charge on any atom is -0.508 e. The van der Waals surface area contributed by atoms with E-state index >= 15 is 0 Å². The lowest BCUT2D eigenvalue weighted by Gasteiger charge is -1.89. The van der Waals surface area contributed by atoms with Crippen molar-refractivity contribution >= 4 is 16.6 Å². The number of phenols is 2. The summed E-state index contributed by atoms with van der Waals surface area (Å²) in [5.41, 5.74) is 0.893. The molecule has 0 amide bonds. The van der Waals surface area contributed by atoms with Crippen LogP contribution in [0.15, 0.2) is 48.7 Å². The summed E-state index contributed by atoms with van der Waals surface area (Å²) in [6, 6.07) is 10.4. The number of nitro benzene ring substituents is 1. The maximum absolute atomic E-state index is 10.3. The second-order valence-corrected chi connectivity index (χ2v) is 3.92. The summed E-state index contributed by atoms with van der Waals surface area (Å²) in [6.45, 7) is 0. The van der Waals surface area contributed by atoms with Crippen LogP contribution in [0.25, 0.3) is 10.9 Å². The number of hydrogen-bond acceptors (Lipinski definition) is 5. The van der Waals surface area contributed by atoms with Gasteiger partial charge in [0.2, 0.25) is 0 Å². The topological polar surface area (TPSA) is 112 Å². The van der Waals surface area contributed by atoms with Crippen LogP contribution >= 0.6 is 0 Å². The van der Waals surface area contributed by atoms with Gasteiger partial charge < -0.3 is 10.2 Å². The summed E-state index contributed by atoms with van der Waals surface area (Å²) < 4.78 is 0. The molecule has 0 atom stereocenters. The van der Waals surface area contributed by atoms with Gasteiger partial charge in [0.1, 0.15) is 11.5 Å². The predicted molar refractivity (Wildman–Crippen MR) is 72.5 cm³/mol. The van der Waals surface area contributed by atoms with E-state index in [1.807, 2.05) is 0 Å². The number of rotatable bonds is 1. The third-order valence-corrected chi connectivity index (χ3v) is 2.46. The van der Waals surface area contributed by atoms with Crippen LogP contribution in [-0.2, 0) is 0 Å². The van der Waals surface area contributed by atoms with E-state index in [-0.39, 0.29) is 17.2 Å². The number of nitrogens with zero attached hydrogens (tertiary/aromatic N) is 2. The number of hydrogen-bond donors (Lipinski definition) is 3. The molecule has 3 aromatic rings. The highest BCUT2D eigenvalue weighted by molar-refractivity contribution is 5.80. The number of phenolic OH excluding ortho intramolecular Hbond substituents is 2. The third kappa shape index (κ3) is 3.22. The van der Waals surface area contributed by atoms with Gasteiger partial charge in [0.25, 0.3) is 5.69 Å². The first-order chi connectivity index (χ1) is 9.56. The van der Waals surface area contributed by atoms with Crippen molar-refractivity contribution in [3.63, 3.8) is 0 Å². The van der Waals surface area contributed by atoms with E-state index in [4.69, 9.17) is 10.2 Å². The van der Waals surface area contributed by atoms with E-state index in [1.54, 1.807) is 18.3 Å². The van der Waals surface area contributed by atoms with Crippen LogP contribution in [0.3, 0.4) is 0 Å². The molecule has 0 aliphatic carbocycles. The Balaban J connectivity index is 0.000000160. The number of fused-ring (bicyclic) bond motifs is 1. The van der Waals surface area contributed by atoms with Gasteiger partial charge in [-0.05, 0) is 18.2 Å². The van der Waals surface area contributed by atoms with Crippen molar-refractivity contribution in [2.24, 2.45) is 0 Å². The monoisotopic (exact) mass is 273 g/mol. The number of aromatic hydroxyl groups is 2. The Morgan fingerprint density at radius 1 is 1.10 bits per heavy atom. The number of H-pyrrole nitrogens is 1. The lowest BCUT2D eigenvalue weighted by Crippen LogP contribution is -1.86. The van der Waals surface area contributed by atoms with Gasteiger partial charge in [-0.2, -0.15) is 5.10 Å².